The van der Waals surface area contributed by atoms with Crippen molar-refractivity contribution in [3.8, 4) is 0 Å². The molecule has 36 heavy (non-hydrogen) atoms. The standard InChI is InChI=1S/C27H23F3N4O2/c1-27(29,30)26(36)32-22-14-24(35)34(25(22)17-7-3-2-4-8-17)20-11-12-23-19(13-20)15-31-33(23)16-18-9-5-6-10-21(18)28/h2-13,15,22,25H,14,16H2,1H3,(H,32,36). The monoisotopic (exact) mass is 492 g/mol. The van der Waals surface area contributed by atoms with E-state index in [9.17, 15) is 22.8 Å². The first-order valence-corrected chi connectivity index (χ1v) is 11.5. The van der Waals surface area contributed by atoms with Gasteiger partial charge in [-0.1, -0.05) is 48.5 Å². The Morgan fingerprint density at radius 2 is 1.81 bits per heavy atom. The highest BCUT2D eigenvalue weighted by Gasteiger charge is 2.45. The van der Waals surface area contributed by atoms with Crippen LogP contribution < -0.4 is 10.2 Å². The predicted molar refractivity (Wildman–Crippen MR) is 129 cm³/mol. The maximum absolute atomic E-state index is 14.1. The van der Waals surface area contributed by atoms with Crippen molar-refractivity contribution in [1.29, 1.82) is 0 Å². The molecule has 4 aromatic rings. The summed E-state index contributed by atoms with van der Waals surface area (Å²) in [5.41, 5.74) is 2.51. The minimum Gasteiger partial charge on any atom is -0.345 e. The molecule has 0 spiro atoms. The molecule has 2 amide bonds. The normalized spacial score (nSPS) is 18.1. The van der Waals surface area contributed by atoms with E-state index >= 15 is 0 Å². The summed E-state index contributed by atoms with van der Waals surface area (Å²) in [5, 5.41) is 7.48. The average molecular weight is 493 g/mol. The van der Waals surface area contributed by atoms with Crippen LogP contribution in [0.5, 0.6) is 0 Å². The number of carbonyl (C=O) groups excluding carboxylic acids is 2. The Labute approximate surface area is 205 Å². The van der Waals surface area contributed by atoms with Crippen LogP contribution in [0.1, 0.15) is 30.5 Å². The first kappa shape index (κ1) is 23.6. The topological polar surface area (TPSA) is 67.2 Å². The van der Waals surface area contributed by atoms with Gasteiger partial charge in [-0.15, -0.1) is 0 Å². The second-order valence-corrected chi connectivity index (χ2v) is 8.93. The summed E-state index contributed by atoms with van der Waals surface area (Å²) >= 11 is 0. The van der Waals surface area contributed by atoms with Gasteiger partial charge in [0.05, 0.1) is 30.3 Å². The molecule has 9 heteroatoms. The second kappa shape index (κ2) is 9.14. The largest absolute Gasteiger partial charge is 0.345 e. The summed E-state index contributed by atoms with van der Waals surface area (Å²) in [6, 6.07) is 19.3. The van der Waals surface area contributed by atoms with Crippen LogP contribution >= 0.6 is 0 Å². The Bertz CT molecular complexity index is 1430. The number of fused-ring (bicyclic) bond motifs is 1. The Balaban J connectivity index is 1.50. The van der Waals surface area contributed by atoms with Crippen LogP contribution in [0.4, 0.5) is 18.9 Å². The van der Waals surface area contributed by atoms with Crippen molar-refractivity contribution in [2.45, 2.75) is 37.9 Å². The number of nitrogens with zero attached hydrogens (tertiary/aromatic N) is 3. The SMILES string of the molecule is CC(F)(F)C(=O)NC1CC(=O)N(c2ccc3c(cnn3Cc3ccccc3F)c2)C1c1ccccc1. The van der Waals surface area contributed by atoms with Crippen molar-refractivity contribution in [3.05, 3.63) is 95.9 Å². The van der Waals surface area contributed by atoms with Crippen LogP contribution in [0.3, 0.4) is 0 Å². The number of nitrogens with one attached hydrogen (secondary N) is 1. The third-order valence-corrected chi connectivity index (χ3v) is 6.36. The van der Waals surface area contributed by atoms with Gasteiger partial charge in [-0.05, 0) is 29.8 Å². The van der Waals surface area contributed by atoms with Crippen LogP contribution in [0, 0.1) is 5.82 Å². The fourth-order valence-electron chi connectivity index (χ4n) is 4.63. The van der Waals surface area contributed by atoms with Crippen LogP contribution in [0.15, 0.2) is 79.0 Å². The number of rotatable bonds is 6. The zero-order valence-electron chi connectivity index (χ0n) is 19.4. The number of hydrogen-bond donors (Lipinski definition) is 1. The third kappa shape index (κ3) is 4.44. The minimum atomic E-state index is -3.57. The molecule has 0 radical (unpaired) electrons. The molecule has 3 aromatic carbocycles. The average Bonchev–Trinajstić information content (AvgIpc) is 3.40. The molecule has 6 nitrogen and oxygen atoms in total. The van der Waals surface area contributed by atoms with Gasteiger partial charge < -0.3 is 10.2 Å². The van der Waals surface area contributed by atoms with E-state index in [-0.39, 0.29) is 24.7 Å². The maximum Gasteiger partial charge on any atom is 0.321 e. The Kier molecular flexibility index (Phi) is 5.99. The summed E-state index contributed by atoms with van der Waals surface area (Å²) < 4.78 is 43.1. The highest BCUT2D eigenvalue weighted by atomic mass is 19.3. The number of benzene rings is 3. The Hall–Kier alpha value is -4.14. The number of hydrogen-bond acceptors (Lipinski definition) is 3. The first-order valence-electron chi connectivity index (χ1n) is 11.5. The first-order chi connectivity index (χ1) is 17.2. The molecule has 184 valence electrons. The lowest BCUT2D eigenvalue weighted by atomic mass is 9.99. The van der Waals surface area contributed by atoms with E-state index in [1.54, 1.807) is 71.5 Å². The molecule has 1 N–H and O–H groups in total. The molecule has 2 unspecified atom stereocenters. The molecule has 0 saturated carbocycles. The number of amides is 2. The van der Waals surface area contributed by atoms with E-state index in [1.165, 1.54) is 11.0 Å². The fourth-order valence-corrected chi connectivity index (χ4v) is 4.63. The molecule has 5 rings (SSSR count). The van der Waals surface area contributed by atoms with Crippen molar-refractivity contribution in [1.82, 2.24) is 15.1 Å². The van der Waals surface area contributed by atoms with E-state index in [0.717, 1.165) is 10.9 Å². The van der Waals surface area contributed by atoms with Crippen LogP contribution in [0.2, 0.25) is 0 Å². The molecular formula is C27H23F3N4O2. The van der Waals surface area contributed by atoms with Gasteiger partial charge in [-0.3, -0.25) is 14.3 Å². The number of alkyl halides is 2. The number of halogens is 3. The van der Waals surface area contributed by atoms with Crippen LogP contribution in [-0.2, 0) is 16.1 Å². The molecule has 1 saturated heterocycles. The van der Waals surface area contributed by atoms with E-state index in [1.807, 2.05) is 6.07 Å². The van der Waals surface area contributed by atoms with E-state index in [4.69, 9.17) is 0 Å². The van der Waals surface area contributed by atoms with Crippen molar-refractivity contribution in [3.63, 3.8) is 0 Å². The van der Waals surface area contributed by atoms with Crippen molar-refractivity contribution >= 4 is 28.4 Å². The van der Waals surface area contributed by atoms with E-state index in [0.29, 0.717) is 23.7 Å². The summed E-state index contributed by atoms with van der Waals surface area (Å²) in [6.45, 7) is 0.769. The summed E-state index contributed by atoms with van der Waals surface area (Å²) in [5.74, 6) is -5.61. The molecule has 2 heterocycles. The minimum absolute atomic E-state index is 0.119. The lowest BCUT2D eigenvalue weighted by molar-refractivity contribution is -0.143. The zero-order chi connectivity index (χ0) is 25.4. The zero-order valence-corrected chi connectivity index (χ0v) is 19.4. The third-order valence-electron chi connectivity index (χ3n) is 6.36. The second-order valence-electron chi connectivity index (χ2n) is 8.93. The predicted octanol–water partition coefficient (Wildman–Crippen LogP) is 4.84. The number of anilines is 1. The van der Waals surface area contributed by atoms with Crippen LogP contribution in [-0.4, -0.2) is 33.6 Å². The van der Waals surface area contributed by atoms with Crippen molar-refractivity contribution < 1.29 is 22.8 Å². The van der Waals surface area contributed by atoms with Crippen molar-refractivity contribution in [2.24, 2.45) is 0 Å². The molecule has 1 fully saturated rings. The molecule has 1 aromatic heterocycles. The summed E-state index contributed by atoms with van der Waals surface area (Å²) in [6.07, 6.45) is 1.51. The van der Waals surface area contributed by atoms with Gasteiger partial charge in [0.2, 0.25) is 5.91 Å². The van der Waals surface area contributed by atoms with Gasteiger partial charge in [0, 0.05) is 30.0 Å². The molecular weight excluding hydrogens is 469 g/mol. The Morgan fingerprint density at radius 1 is 1.08 bits per heavy atom. The molecule has 0 aliphatic carbocycles. The molecule has 2 atom stereocenters. The highest BCUT2D eigenvalue weighted by Crippen LogP contribution is 2.38. The van der Waals surface area contributed by atoms with Gasteiger partial charge in [0.15, 0.2) is 0 Å². The number of aromatic nitrogens is 2. The maximum atomic E-state index is 14.1. The highest BCUT2D eigenvalue weighted by molar-refractivity contribution is 6.00. The van der Waals surface area contributed by atoms with Gasteiger partial charge >= 0.3 is 5.92 Å². The molecule has 1 aliphatic rings. The van der Waals surface area contributed by atoms with Crippen molar-refractivity contribution in [2.75, 3.05) is 4.90 Å². The molecule has 0 bridgehead atoms. The fraction of sp³-hybridized carbons (Fsp3) is 0.222. The summed E-state index contributed by atoms with van der Waals surface area (Å²) in [4.78, 5) is 26.7. The van der Waals surface area contributed by atoms with Gasteiger partial charge in [-0.2, -0.15) is 13.9 Å². The summed E-state index contributed by atoms with van der Waals surface area (Å²) in [7, 11) is 0. The van der Waals surface area contributed by atoms with Gasteiger partial charge in [-0.25, -0.2) is 4.39 Å². The lowest BCUT2D eigenvalue weighted by Gasteiger charge is -2.29. The van der Waals surface area contributed by atoms with E-state index < -0.39 is 23.9 Å². The Morgan fingerprint density at radius 3 is 2.53 bits per heavy atom. The van der Waals surface area contributed by atoms with Crippen LogP contribution in [0.25, 0.3) is 10.9 Å². The molecule has 1 aliphatic heterocycles. The lowest BCUT2D eigenvalue weighted by Crippen LogP contribution is -2.46. The smallest absolute Gasteiger partial charge is 0.321 e. The number of carbonyl (C=O) groups is 2. The van der Waals surface area contributed by atoms with E-state index in [2.05, 4.69) is 10.4 Å². The van der Waals surface area contributed by atoms with Gasteiger partial charge in [0.25, 0.3) is 5.91 Å². The van der Waals surface area contributed by atoms with Gasteiger partial charge in [0.1, 0.15) is 5.82 Å². The quantitative estimate of drug-likeness (QED) is 0.419.